The van der Waals surface area contributed by atoms with E-state index in [4.69, 9.17) is 22.6 Å². The van der Waals surface area contributed by atoms with Crippen LogP contribution in [0.5, 0.6) is 0 Å². The fourth-order valence-corrected chi connectivity index (χ4v) is 2.82. The third-order valence-corrected chi connectivity index (χ3v) is 4.26. The first kappa shape index (κ1) is 14.1. The van der Waals surface area contributed by atoms with E-state index in [1.54, 1.807) is 6.07 Å². The van der Waals surface area contributed by atoms with Gasteiger partial charge in [-0.2, -0.15) is 5.26 Å². The molecule has 0 aromatic carbocycles. The number of rotatable bonds is 2. The maximum Gasteiger partial charge on any atom is 0.147 e. The van der Waals surface area contributed by atoms with Gasteiger partial charge >= 0.3 is 0 Å². The van der Waals surface area contributed by atoms with Crippen LogP contribution in [-0.2, 0) is 0 Å². The van der Waals surface area contributed by atoms with Crippen LogP contribution in [0.2, 0.25) is 5.02 Å². The van der Waals surface area contributed by atoms with Gasteiger partial charge in [-0.3, -0.25) is 0 Å². The smallest absolute Gasteiger partial charge is 0.147 e. The molecule has 1 aromatic heterocycles. The summed E-state index contributed by atoms with van der Waals surface area (Å²) < 4.78 is 0. The van der Waals surface area contributed by atoms with Crippen molar-refractivity contribution in [1.82, 2.24) is 4.98 Å². The van der Waals surface area contributed by atoms with Crippen molar-refractivity contribution in [3.8, 4) is 6.07 Å². The zero-order valence-electron chi connectivity index (χ0n) is 11.4. The zero-order chi connectivity index (χ0) is 14.0. The van der Waals surface area contributed by atoms with E-state index in [1.165, 1.54) is 0 Å². The third kappa shape index (κ3) is 2.83. The second-order valence-corrected chi connectivity index (χ2v) is 5.65. The minimum atomic E-state index is 0.475. The van der Waals surface area contributed by atoms with Crippen LogP contribution in [0.3, 0.4) is 0 Å². The Kier molecular flexibility index (Phi) is 4.28. The van der Waals surface area contributed by atoms with E-state index < -0.39 is 0 Å². The second-order valence-electron chi connectivity index (χ2n) is 5.25. The molecular weight excluding hydrogens is 260 g/mol. The van der Waals surface area contributed by atoms with Crippen LogP contribution in [0.4, 0.5) is 5.82 Å². The molecule has 2 N–H and O–H groups in total. The van der Waals surface area contributed by atoms with Gasteiger partial charge in [0, 0.05) is 13.1 Å². The molecule has 4 nitrogen and oxygen atoms in total. The van der Waals surface area contributed by atoms with Gasteiger partial charge in [-0.25, -0.2) is 4.98 Å². The highest BCUT2D eigenvalue weighted by atomic mass is 35.5. The van der Waals surface area contributed by atoms with Crippen molar-refractivity contribution in [2.24, 2.45) is 17.6 Å². The van der Waals surface area contributed by atoms with E-state index in [1.807, 2.05) is 6.92 Å². The Morgan fingerprint density at radius 2 is 2.37 bits per heavy atom. The van der Waals surface area contributed by atoms with Crippen molar-refractivity contribution in [2.45, 2.75) is 20.3 Å². The Morgan fingerprint density at radius 1 is 1.63 bits per heavy atom. The van der Waals surface area contributed by atoms with Gasteiger partial charge in [0.2, 0.25) is 0 Å². The maximum absolute atomic E-state index is 8.98. The molecule has 2 rings (SSSR count). The van der Waals surface area contributed by atoms with Crippen LogP contribution < -0.4 is 10.6 Å². The van der Waals surface area contributed by atoms with Crippen molar-refractivity contribution in [3.05, 3.63) is 22.3 Å². The molecule has 0 saturated carbocycles. The van der Waals surface area contributed by atoms with E-state index in [0.717, 1.165) is 31.0 Å². The normalized spacial score (nSPS) is 23.2. The quantitative estimate of drug-likeness (QED) is 0.902. The fraction of sp³-hybridized carbons (Fsp3) is 0.571. The van der Waals surface area contributed by atoms with Crippen LogP contribution in [0.1, 0.15) is 24.6 Å². The lowest BCUT2D eigenvalue weighted by Crippen LogP contribution is -2.43. The first-order chi connectivity index (χ1) is 9.06. The van der Waals surface area contributed by atoms with Crippen molar-refractivity contribution in [3.63, 3.8) is 0 Å². The number of pyridine rings is 1. The Morgan fingerprint density at radius 3 is 3.00 bits per heavy atom. The fourth-order valence-electron chi connectivity index (χ4n) is 2.55. The first-order valence-electron chi connectivity index (χ1n) is 6.59. The second kappa shape index (κ2) is 5.77. The molecular formula is C14H19ClN4. The minimum Gasteiger partial charge on any atom is -0.355 e. The average molecular weight is 279 g/mol. The number of piperidine rings is 1. The molecule has 102 valence electrons. The van der Waals surface area contributed by atoms with Gasteiger partial charge in [0.1, 0.15) is 11.9 Å². The predicted octanol–water partition coefficient (Wildman–Crippen LogP) is 2.34. The van der Waals surface area contributed by atoms with Gasteiger partial charge in [-0.15, -0.1) is 0 Å². The van der Waals surface area contributed by atoms with Crippen LogP contribution in [0.25, 0.3) is 0 Å². The number of nitriles is 1. The summed E-state index contributed by atoms with van der Waals surface area (Å²) in [6.07, 6.45) is 1.10. The standard InChI is InChI=1S/C14H19ClN4/c1-9-3-4-19(8-12(9)7-17)14-13(15)5-11(6-16)10(2)18-14/h5,9,12H,3-4,7-8,17H2,1-2H3. The van der Waals surface area contributed by atoms with Gasteiger partial charge in [0.25, 0.3) is 0 Å². The van der Waals surface area contributed by atoms with Gasteiger partial charge in [0.15, 0.2) is 0 Å². The van der Waals surface area contributed by atoms with Crippen molar-refractivity contribution >= 4 is 17.4 Å². The van der Waals surface area contributed by atoms with Gasteiger partial charge < -0.3 is 10.6 Å². The largest absolute Gasteiger partial charge is 0.355 e. The lowest BCUT2D eigenvalue weighted by Gasteiger charge is -2.37. The topological polar surface area (TPSA) is 65.9 Å². The minimum absolute atomic E-state index is 0.475. The summed E-state index contributed by atoms with van der Waals surface area (Å²) >= 11 is 6.25. The summed E-state index contributed by atoms with van der Waals surface area (Å²) in [5.41, 5.74) is 7.09. The summed E-state index contributed by atoms with van der Waals surface area (Å²) in [5, 5.41) is 9.53. The number of aromatic nitrogens is 1. The average Bonchev–Trinajstić information content (AvgIpc) is 2.41. The first-order valence-corrected chi connectivity index (χ1v) is 6.96. The molecule has 2 atom stereocenters. The van der Waals surface area contributed by atoms with Crippen LogP contribution in [0, 0.1) is 30.1 Å². The van der Waals surface area contributed by atoms with E-state index in [0.29, 0.717) is 29.0 Å². The lowest BCUT2D eigenvalue weighted by atomic mass is 9.87. The van der Waals surface area contributed by atoms with Gasteiger partial charge in [-0.05, 0) is 37.8 Å². The maximum atomic E-state index is 8.98. The molecule has 1 aliphatic heterocycles. The Bertz CT molecular complexity index is 509. The number of anilines is 1. The van der Waals surface area contributed by atoms with Crippen molar-refractivity contribution in [1.29, 1.82) is 5.26 Å². The Labute approximate surface area is 119 Å². The summed E-state index contributed by atoms with van der Waals surface area (Å²) in [4.78, 5) is 6.68. The molecule has 2 unspecified atom stereocenters. The summed E-state index contributed by atoms with van der Waals surface area (Å²) in [5.74, 6) is 1.89. The summed E-state index contributed by atoms with van der Waals surface area (Å²) in [7, 11) is 0. The van der Waals surface area contributed by atoms with E-state index in [9.17, 15) is 0 Å². The molecule has 2 heterocycles. The molecule has 1 aromatic rings. The molecule has 0 radical (unpaired) electrons. The summed E-state index contributed by atoms with van der Waals surface area (Å²) in [6.45, 7) is 6.59. The molecule has 1 aliphatic rings. The van der Waals surface area contributed by atoms with E-state index in [-0.39, 0.29) is 0 Å². The number of nitrogens with two attached hydrogens (primary N) is 1. The summed E-state index contributed by atoms with van der Waals surface area (Å²) in [6, 6.07) is 3.81. The number of halogens is 1. The lowest BCUT2D eigenvalue weighted by molar-refractivity contribution is 0.307. The molecule has 5 heteroatoms. The molecule has 0 aliphatic carbocycles. The van der Waals surface area contributed by atoms with Crippen LogP contribution in [-0.4, -0.2) is 24.6 Å². The zero-order valence-corrected chi connectivity index (χ0v) is 12.1. The molecule has 0 spiro atoms. The third-order valence-electron chi connectivity index (χ3n) is 3.98. The molecule has 0 bridgehead atoms. The molecule has 1 saturated heterocycles. The highest BCUT2D eigenvalue weighted by molar-refractivity contribution is 6.33. The van der Waals surface area contributed by atoms with Crippen LogP contribution >= 0.6 is 11.6 Å². The van der Waals surface area contributed by atoms with E-state index in [2.05, 4.69) is 22.9 Å². The number of nitrogens with zero attached hydrogens (tertiary/aromatic N) is 3. The van der Waals surface area contributed by atoms with Gasteiger partial charge in [-0.1, -0.05) is 18.5 Å². The van der Waals surface area contributed by atoms with Gasteiger partial charge in [0.05, 0.1) is 16.3 Å². The van der Waals surface area contributed by atoms with E-state index >= 15 is 0 Å². The van der Waals surface area contributed by atoms with Crippen molar-refractivity contribution < 1.29 is 0 Å². The number of hydrogen-bond donors (Lipinski definition) is 1. The monoisotopic (exact) mass is 278 g/mol. The Hall–Kier alpha value is -1.31. The van der Waals surface area contributed by atoms with Crippen LogP contribution in [0.15, 0.2) is 6.07 Å². The molecule has 1 fully saturated rings. The number of aryl methyl sites for hydroxylation is 1. The highest BCUT2D eigenvalue weighted by Gasteiger charge is 2.27. The SMILES string of the molecule is Cc1nc(N2CCC(C)C(CN)C2)c(Cl)cc1C#N. The Balaban J connectivity index is 2.28. The highest BCUT2D eigenvalue weighted by Crippen LogP contribution is 2.31. The molecule has 0 amide bonds. The molecule has 19 heavy (non-hydrogen) atoms. The van der Waals surface area contributed by atoms with Crippen molar-refractivity contribution in [2.75, 3.05) is 24.5 Å². The number of hydrogen-bond acceptors (Lipinski definition) is 4. The predicted molar refractivity (Wildman–Crippen MR) is 77.2 cm³/mol.